The number of aromatic amines is 1. The molecular formula is C25H26IN5O6. The number of carboxylic acid groups (broad SMARTS) is 1. The Bertz CT molecular complexity index is 1410. The number of rotatable bonds is 6. The number of amides is 4. The monoisotopic (exact) mass is 619 g/mol. The first kappa shape index (κ1) is 25.1. The zero-order valence-electron chi connectivity index (χ0n) is 19.8. The second kappa shape index (κ2) is 10.4. The Morgan fingerprint density at radius 3 is 2.70 bits per heavy atom. The predicted octanol–water partition coefficient (Wildman–Crippen LogP) is 3.19. The van der Waals surface area contributed by atoms with Crippen molar-refractivity contribution in [3.63, 3.8) is 0 Å². The van der Waals surface area contributed by atoms with Crippen LogP contribution in [0.1, 0.15) is 24.0 Å². The molecule has 0 unspecified atom stereocenters. The number of oxazole rings is 1. The molecule has 11 nitrogen and oxygen atoms in total. The Morgan fingerprint density at radius 2 is 1.95 bits per heavy atom. The van der Waals surface area contributed by atoms with Gasteiger partial charge in [-0.25, -0.2) is 14.4 Å². The molecule has 3 heterocycles. The molecule has 0 aliphatic carbocycles. The van der Waals surface area contributed by atoms with Crippen molar-refractivity contribution in [3.8, 4) is 0 Å². The van der Waals surface area contributed by atoms with E-state index < -0.39 is 17.6 Å². The molecule has 37 heavy (non-hydrogen) atoms. The number of likely N-dealkylation sites (tertiary alicyclic amines) is 1. The highest BCUT2D eigenvalue weighted by molar-refractivity contribution is 14.1. The summed E-state index contributed by atoms with van der Waals surface area (Å²) in [6.45, 7) is 1.45. The molecular weight excluding hydrogens is 593 g/mol. The number of halogens is 1. The fraction of sp³-hybridized carbons (Fsp3) is 0.360. The van der Waals surface area contributed by atoms with Gasteiger partial charge in [0.2, 0.25) is 0 Å². The average molecular weight is 619 g/mol. The highest BCUT2D eigenvalue weighted by Gasteiger charge is 2.33. The van der Waals surface area contributed by atoms with Crippen LogP contribution in [-0.2, 0) is 17.8 Å². The van der Waals surface area contributed by atoms with Crippen molar-refractivity contribution in [3.05, 3.63) is 61.6 Å². The minimum absolute atomic E-state index is 0.0232. The van der Waals surface area contributed by atoms with Gasteiger partial charge in [-0.05, 0) is 71.2 Å². The number of nitrogens with one attached hydrogen (secondary N) is 3. The normalized spacial score (nSPS) is 16.8. The van der Waals surface area contributed by atoms with Gasteiger partial charge >= 0.3 is 23.8 Å². The quantitative estimate of drug-likeness (QED) is 0.312. The first-order chi connectivity index (χ1) is 17.8. The first-order valence-corrected chi connectivity index (χ1v) is 13.1. The molecule has 2 aliphatic heterocycles. The van der Waals surface area contributed by atoms with Crippen LogP contribution < -0.4 is 16.4 Å². The third-order valence-electron chi connectivity index (χ3n) is 6.93. The summed E-state index contributed by atoms with van der Waals surface area (Å²) in [5.41, 5.74) is 3.54. The molecule has 4 amide bonds. The molecule has 0 spiro atoms. The van der Waals surface area contributed by atoms with Gasteiger partial charge in [0.1, 0.15) is 5.52 Å². The van der Waals surface area contributed by atoms with Crippen molar-refractivity contribution in [1.29, 1.82) is 0 Å². The summed E-state index contributed by atoms with van der Waals surface area (Å²) in [4.78, 5) is 54.9. The molecule has 0 bridgehead atoms. The van der Waals surface area contributed by atoms with Crippen LogP contribution in [-0.4, -0.2) is 63.6 Å². The number of hydrogen-bond acceptors (Lipinski definition) is 5. The lowest BCUT2D eigenvalue weighted by Crippen LogP contribution is -2.53. The van der Waals surface area contributed by atoms with Gasteiger partial charge in [0.15, 0.2) is 5.58 Å². The zero-order valence-corrected chi connectivity index (χ0v) is 22.0. The second-order valence-electron chi connectivity index (χ2n) is 9.32. The number of nitrogens with zero attached hydrogens (tertiary/aromatic N) is 2. The van der Waals surface area contributed by atoms with Crippen LogP contribution in [0.25, 0.3) is 11.1 Å². The Morgan fingerprint density at radius 1 is 1.19 bits per heavy atom. The molecule has 1 atom stereocenters. The fourth-order valence-electron chi connectivity index (χ4n) is 4.93. The molecule has 2 aliphatic rings. The number of H-pyrrole nitrogens is 1. The lowest BCUT2D eigenvalue weighted by Gasteiger charge is -2.40. The minimum atomic E-state index is -1.03. The van der Waals surface area contributed by atoms with Crippen molar-refractivity contribution in [2.75, 3.05) is 25.0 Å². The summed E-state index contributed by atoms with van der Waals surface area (Å²) in [6, 6.07) is 10.7. The second-order valence-corrected chi connectivity index (χ2v) is 10.5. The van der Waals surface area contributed by atoms with Gasteiger partial charge < -0.3 is 30.0 Å². The minimum Gasteiger partial charge on any atom is -0.481 e. The van der Waals surface area contributed by atoms with Gasteiger partial charge in [-0.1, -0.05) is 18.2 Å². The van der Waals surface area contributed by atoms with Crippen LogP contribution in [0.2, 0.25) is 0 Å². The number of benzene rings is 2. The molecule has 1 fully saturated rings. The summed E-state index contributed by atoms with van der Waals surface area (Å²) in [6.07, 6.45) is 1.46. The molecule has 1 saturated heterocycles. The summed E-state index contributed by atoms with van der Waals surface area (Å²) in [5, 5.41) is 15.4. The van der Waals surface area contributed by atoms with E-state index in [9.17, 15) is 24.3 Å². The number of piperidine rings is 1. The fourth-order valence-corrected chi connectivity index (χ4v) is 5.73. The van der Waals surface area contributed by atoms with E-state index in [1.807, 2.05) is 29.2 Å². The molecule has 3 aromatic rings. The van der Waals surface area contributed by atoms with Crippen molar-refractivity contribution < 1.29 is 23.9 Å². The molecule has 1 aromatic heterocycles. The SMILES string of the molecule is O=C(O)[C@@H](CNC(=O)N1CCC(N2Cc3ccccc3NC2=O)CC1)Cc1cc(I)c2[nH]c(=O)oc2c1. The molecule has 4 N–H and O–H groups in total. The molecule has 0 saturated carbocycles. The number of anilines is 1. The van der Waals surface area contributed by atoms with E-state index in [2.05, 4.69) is 38.2 Å². The standard InChI is InChI=1S/C25H26IN5O6/c26-18-10-14(11-20-21(18)29-25(36)37-20)9-16(22(32)33)12-27-23(34)30-7-5-17(6-8-30)31-13-15-3-1-2-4-19(15)28-24(31)35/h1-4,10-11,16-17H,5-9,12-13H2,(H,27,34)(H,28,35)(H,29,36)(H,32,33)/t16-/m1/s1. The Kier molecular flexibility index (Phi) is 7.09. The average Bonchev–Trinajstić information content (AvgIpc) is 3.26. The van der Waals surface area contributed by atoms with Crippen LogP contribution in [0.5, 0.6) is 0 Å². The van der Waals surface area contributed by atoms with Gasteiger partial charge in [0.05, 0.1) is 5.92 Å². The summed E-state index contributed by atoms with van der Waals surface area (Å²) >= 11 is 2.06. The Hall–Kier alpha value is -3.55. The number of carbonyl (C=O) groups excluding carboxylic acids is 2. The van der Waals surface area contributed by atoms with Crippen LogP contribution in [0.15, 0.2) is 45.6 Å². The summed E-state index contributed by atoms with van der Waals surface area (Å²) in [5.74, 6) is -2.44. The van der Waals surface area contributed by atoms with E-state index in [0.717, 1.165) is 14.8 Å². The smallest absolute Gasteiger partial charge is 0.417 e. The summed E-state index contributed by atoms with van der Waals surface area (Å²) in [7, 11) is 0. The summed E-state index contributed by atoms with van der Waals surface area (Å²) < 4.78 is 5.87. The molecule has 194 valence electrons. The van der Waals surface area contributed by atoms with Gasteiger partial charge in [-0.3, -0.25) is 9.78 Å². The van der Waals surface area contributed by atoms with E-state index in [4.69, 9.17) is 4.42 Å². The molecule has 2 aromatic carbocycles. The number of urea groups is 2. The van der Waals surface area contributed by atoms with Crippen LogP contribution in [0, 0.1) is 9.49 Å². The molecule has 12 heteroatoms. The number of fused-ring (bicyclic) bond motifs is 2. The maximum absolute atomic E-state index is 12.8. The maximum Gasteiger partial charge on any atom is 0.417 e. The van der Waals surface area contributed by atoms with Crippen LogP contribution >= 0.6 is 22.6 Å². The van der Waals surface area contributed by atoms with E-state index in [0.29, 0.717) is 49.1 Å². The number of carboxylic acids is 1. The van der Waals surface area contributed by atoms with E-state index in [1.165, 1.54) is 0 Å². The van der Waals surface area contributed by atoms with Crippen LogP contribution in [0.3, 0.4) is 0 Å². The third kappa shape index (κ3) is 5.43. The topological polar surface area (TPSA) is 148 Å². The van der Waals surface area contributed by atoms with Crippen molar-refractivity contribution in [1.82, 2.24) is 20.1 Å². The van der Waals surface area contributed by atoms with E-state index >= 15 is 0 Å². The molecule has 0 radical (unpaired) electrons. The van der Waals surface area contributed by atoms with Crippen molar-refractivity contribution in [2.45, 2.75) is 31.8 Å². The van der Waals surface area contributed by atoms with Gasteiger partial charge in [0, 0.05) is 41.5 Å². The third-order valence-corrected chi connectivity index (χ3v) is 7.78. The lowest BCUT2D eigenvalue weighted by molar-refractivity contribution is -0.141. The van der Waals surface area contributed by atoms with Gasteiger partial charge in [-0.2, -0.15) is 0 Å². The Balaban J connectivity index is 1.15. The van der Waals surface area contributed by atoms with Crippen LogP contribution in [0.4, 0.5) is 15.3 Å². The van der Waals surface area contributed by atoms with Gasteiger partial charge in [0.25, 0.3) is 0 Å². The van der Waals surface area contributed by atoms with Gasteiger partial charge in [-0.15, -0.1) is 0 Å². The number of hydrogen-bond donors (Lipinski definition) is 4. The van der Waals surface area contributed by atoms with E-state index in [1.54, 1.807) is 17.0 Å². The number of carbonyl (C=O) groups is 3. The number of para-hydroxylation sites is 1. The Labute approximate surface area is 225 Å². The van der Waals surface area contributed by atoms with Crippen molar-refractivity contribution in [2.24, 2.45) is 5.92 Å². The van der Waals surface area contributed by atoms with E-state index in [-0.39, 0.29) is 31.1 Å². The first-order valence-electron chi connectivity index (χ1n) is 12.0. The molecule has 5 rings (SSSR count). The van der Waals surface area contributed by atoms with Crippen molar-refractivity contribution >= 4 is 57.4 Å². The lowest BCUT2D eigenvalue weighted by atomic mass is 9.99. The maximum atomic E-state index is 12.8. The zero-order chi connectivity index (χ0) is 26.1. The number of aliphatic carboxylic acids is 1. The highest BCUT2D eigenvalue weighted by atomic mass is 127. The number of aromatic nitrogens is 1. The highest BCUT2D eigenvalue weighted by Crippen LogP contribution is 2.27. The largest absolute Gasteiger partial charge is 0.481 e. The predicted molar refractivity (Wildman–Crippen MR) is 143 cm³/mol.